The van der Waals surface area contributed by atoms with Gasteiger partial charge in [0.25, 0.3) is 0 Å². The predicted octanol–water partition coefficient (Wildman–Crippen LogP) is 0.795. The van der Waals surface area contributed by atoms with Crippen LogP contribution >= 0.6 is 0 Å². The number of nitrogens with zero attached hydrogens (tertiary/aromatic N) is 1. The van der Waals surface area contributed by atoms with Crippen molar-refractivity contribution < 1.29 is 9.53 Å². The summed E-state index contributed by atoms with van der Waals surface area (Å²) < 4.78 is 4.28. The van der Waals surface area contributed by atoms with E-state index in [4.69, 9.17) is 5.26 Å². The minimum absolute atomic E-state index is 0.00463. The number of rotatable bonds is 2. The second kappa shape index (κ2) is 3.46. The molecule has 3 nitrogen and oxygen atoms in total. The molecule has 0 rings (SSSR count). The molecule has 0 aliphatic heterocycles. The van der Waals surface area contributed by atoms with E-state index in [1.165, 1.54) is 7.11 Å². The Bertz CT molecular complexity index is 222. The van der Waals surface area contributed by atoms with Gasteiger partial charge >= 0.3 is 5.97 Å². The molecule has 10 heavy (non-hydrogen) atoms. The van der Waals surface area contributed by atoms with Crippen molar-refractivity contribution in [2.45, 2.75) is 0 Å². The number of hydrogen-bond donors (Lipinski definition) is 0. The van der Waals surface area contributed by atoms with Crippen LogP contribution in [0.3, 0.4) is 0 Å². The summed E-state index contributed by atoms with van der Waals surface area (Å²) >= 11 is 0. The summed E-state index contributed by atoms with van der Waals surface area (Å²) in [6.07, 6.45) is 0. The number of carbonyl (C=O) groups excluding carboxylic acids is 1. The van der Waals surface area contributed by atoms with Crippen molar-refractivity contribution in [1.82, 2.24) is 0 Å². The first-order valence-corrected chi connectivity index (χ1v) is 2.50. The quantitative estimate of drug-likeness (QED) is 0.245. The maximum atomic E-state index is 10.6. The SMILES string of the molecule is C=C(C#N)C(=C)C(=O)OC. The van der Waals surface area contributed by atoms with Gasteiger partial charge in [-0.05, 0) is 0 Å². The molecular weight excluding hydrogens is 130 g/mol. The van der Waals surface area contributed by atoms with Crippen molar-refractivity contribution in [2.24, 2.45) is 0 Å². The molecule has 0 aromatic rings. The van der Waals surface area contributed by atoms with Gasteiger partial charge in [-0.2, -0.15) is 5.26 Å². The zero-order valence-electron chi connectivity index (χ0n) is 5.68. The predicted molar refractivity (Wildman–Crippen MR) is 35.9 cm³/mol. The summed E-state index contributed by atoms with van der Waals surface area (Å²) in [4.78, 5) is 10.6. The Labute approximate surface area is 59.2 Å². The van der Waals surface area contributed by atoms with Crippen molar-refractivity contribution in [1.29, 1.82) is 5.26 Å². The molecule has 0 aromatic carbocycles. The van der Waals surface area contributed by atoms with E-state index in [-0.39, 0.29) is 11.1 Å². The molecule has 0 radical (unpaired) electrons. The highest BCUT2D eigenvalue weighted by Gasteiger charge is 2.08. The Morgan fingerprint density at radius 2 is 2.10 bits per heavy atom. The average Bonchev–Trinajstić information content (AvgIpc) is 2.00. The van der Waals surface area contributed by atoms with E-state index in [0.717, 1.165) is 0 Å². The molecule has 0 heterocycles. The zero-order valence-corrected chi connectivity index (χ0v) is 5.68. The molecule has 0 aromatic heterocycles. The zero-order chi connectivity index (χ0) is 8.15. The fourth-order valence-corrected chi connectivity index (χ4v) is 0.314. The molecule has 0 amide bonds. The van der Waals surface area contributed by atoms with Gasteiger partial charge < -0.3 is 4.74 Å². The summed E-state index contributed by atoms with van der Waals surface area (Å²) in [5.41, 5.74) is 0.0388. The van der Waals surface area contributed by atoms with E-state index in [1.54, 1.807) is 6.07 Å². The topological polar surface area (TPSA) is 50.1 Å². The molecule has 0 fully saturated rings. The van der Waals surface area contributed by atoms with Crippen LogP contribution in [0, 0.1) is 11.3 Å². The van der Waals surface area contributed by atoms with Crippen LogP contribution in [-0.4, -0.2) is 13.1 Å². The lowest BCUT2D eigenvalue weighted by Crippen LogP contribution is -2.04. The second-order valence-corrected chi connectivity index (χ2v) is 1.56. The molecular formula is C7H7NO2. The van der Waals surface area contributed by atoms with E-state index in [9.17, 15) is 4.79 Å². The molecule has 0 atom stereocenters. The minimum Gasteiger partial charge on any atom is -0.465 e. The third kappa shape index (κ3) is 1.75. The van der Waals surface area contributed by atoms with E-state index in [1.807, 2.05) is 0 Å². The van der Waals surface area contributed by atoms with Gasteiger partial charge in [0.2, 0.25) is 0 Å². The molecule has 0 aliphatic rings. The smallest absolute Gasteiger partial charge is 0.338 e. The maximum absolute atomic E-state index is 10.6. The molecule has 0 aliphatic carbocycles. The molecule has 3 heteroatoms. The highest BCUT2D eigenvalue weighted by molar-refractivity contribution is 5.93. The van der Waals surface area contributed by atoms with Crippen LogP contribution < -0.4 is 0 Å². The van der Waals surface area contributed by atoms with Crippen LogP contribution in [-0.2, 0) is 9.53 Å². The Balaban J connectivity index is 4.27. The molecule has 0 N–H and O–H groups in total. The second-order valence-electron chi connectivity index (χ2n) is 1.56. The summed E-state index contributed by atoms with van der Waals surface area (Å²) in [6, 6.07) is 1.69. The lowest BCUT2D eigenvalue weighted by atomic mass is 10.1. The standard InChI is InChI=1S/C7H7NO2/c1-5(4-8)6(2)7(9)10-3/h1-2H2,3H3. The van der Waals surface area contributed by atoms with Crippen LogP contribution in [0.1, 0.15) is 0 Å². The monoisotopic (exact) mass is 137 g/mol. The normalized spacial score (nSPS) is 7.60. The van der Waals surface area contributed by atoms with Crippen molar-refractivity contribution >= 4 is 5.97 Å². The first-order chi connectivity index (χ1) is 4.63. The molecule has 52 valence electrons. The van der Waals surface area contributed by atoms with E-state index in [0.29, 0.717) is 0 Å². The van der Waals surface area contributed by atoms with Crippen molar-refractivity contribution in [2.75, 3.05) is 7.11 Å². The van der Waals surface area contributed by atoms with Gasteiger partial charge in [-0.3, -0.25) is 0 Å². The number of esters is 1. The van der Waals surface area contributed by atoms with Gasteiger partial charge in [0.1, 0.15) is 0 Å². The average molecular weight is 137 g/mol. The molecule has 0 unspecified atom stereocenters. The van der Waals surface area contributed by atoms with Gasteiger partial charge in [-0.1, -0.05) is 13.2 Å². The van der Waals surface area contributed by atoms with Crippen LogP contribution in [0.25, 0.3) is 0 Å². The van der Waals surface area contributed by atoms with E-state index < -0.39 is 5.97 Å². The first-order valence-electron chi connectivity index (χ1n) is 2.50. The summed E-state index contributed by atoms with van der Waals surface area (Å²) in [7, 11) is 1.22. The Morgan fingerprint density at radius 3 is 2.40 bits per heavy atom. The highest BCUT2D eigenvalue weighted by atomic mass is 16.5. The van der Waals surface area contributed by atoms with Gasteiger partial charge in [-0.25, -0.2) is 4.79 Å². The first kappa shape index (κ1) is 8.44. The molecule has 0 spiro atoms. The van der Waals surface area contributed by atoms with E-state index in [2.05, 4.69) is 17.9 Å². The minimum atomic E-state index is -0.619. The Hall–Kier alpha value is -1.56. The van der Waals surface area contributed by atoms with E-state index >= 15 is 0 Å². The third-order valence-electron chi connectivity index (χ3n) is 0.931. The van der Waals surface area contributed by atoms with Crippen LogP contribution in [0.15, 0.2) is 24.3 Å². The number of methoxy groups -OCH3 is 1. The van der Waals surface area contributed by atoms with Crippen molar-refractivity contribution in [3.8, 4) is 6.07 Å². The van der Waals surface area contributed by atoms with Gasteiger partial charge in [0.05, 0.1) is 24.3 Å². The van der Waals surface area contributed by atoms with Crippen molar-refractivity contribution in [3.63, 3.8) is 0 Å². The van der Waals surface area contributed by atoms with Gasteiger partial charge in [-0.15, -0.1) is 0 Å². The molecule has 0 saturated heterocycles. The summed E-state index contributed by atoms with van der Waals surface area (Å²) in [5.74, 6) is -0.619. The number of carbonyl (C=O) groups is 1. The fraction of sp³-hybridized carbons (Fsp3) is 0.143. The fourth-order valence-electron chi connectivity index (χ4n) is 0.314. The number of hydrogen-bond acceptors (Lipinski definition) is 3. The summed E-state index contributed by atoms with van der Waals surface area (Å²) in [5, 5.41) is 8.23. The summed E-state index contributed by atoms with van der Waals surface area (Å²) in [6.45, 7) is 6.58. The highest BCUT2D eigenvalue weighted by Crippen LogP contribution is 2.04. The Kier molecular flexibility index (Phi) is 2.92. The van der Waals surface area contributed by atoms with Crippen LogP contribution in [0.4, 0.5) is 0 Å². The van der Waals surface area contributed by atoms with Gasteiger partial charge in [0.15, 0.2) is 0 Å². The van der Waals surface area contributed by atoms with Crippen LogP contribution in [0.2, 0.25) is 0 Å². The van der Waals surface area contributed by atoms with Crippen LogP contribution in [0.5, 0.6) is 0 Å². The van der Waals surface area contributed by atoms with Gasteiger partial charge in [0, 0.05) is 0 Å². The van der Waals surface area contributed by atoms with Crippen molar-refractivity contribution in [3.05, 3.63) is 24.3 Å². The number of nitriles is 1. The number of ether oxygens (including phenoxy) is 1. The maximum Gasteiger partial charge on any atom is 0.338 e. The lowest BCUT2D eigenvalue weighted by molar-refractivity contribution is -0.135. The molecule has 0 saturated carbocycles. The molecule has 0 bridgehead atoms. The lowest BCUT2D eigenvalue weighted by Gasteiger charge is -1.97. The largest absolute Gasteiger partial charge is 0.465 e. The Morgan fingerprint density at radius 1 is 1.60 bits per heavy atom. The third-order valence-corrected chi connectivity index (χ3v) is 0.931.